The first-order valence-corrected chi connectivity index (χ1v) is 8.08. The average molecular weight is 384 g/mol. The van der Waals surface area contributed by atoms with Gasteiger partial charge in [0.1, 0.15) is 11.4 Å². The zero-order valence-corrected chi connectivity index (χ0v) is 14.0. The first kappa shape index (κ1) is 18.2. The predicted molar refractivity (Wildman–Crippen MR) is 89.1 cm³/mol. The third-order valence-electron chi connectivity index (χ3n) is 3.66. The van der Waals surface area contributed by atoms with Gasteiger partial charge in [-0.25, -0.2) is 4.98 Å². The quantitative estimate of drug-likeness (QED) is 0.841. The minimum absolute atomic E-state index is 0.0663. The van der Waals surface area contributed by atoms with Crippen LogP contribution in [0, 0.1) is 0 Å². The fourth-order valence-corrected chi connectivity index (χ4v) is 2.41. The number of hydrogen-bond donors (Lipinski definition) is 2. The minimum Gasteiger partial charge on any atom is -0.348 e. The second-order valence-corrected chi connectivity index (χ2v) is 6.21. The second-order valence-electron chi connectivity index (χ2n) is 5.80. The molecule has 0 spiro atoms. The monoisotopic (exact) mass is 383 g/mol. The van der Waals surface area contributed by atoms with E-state index in [-0.39, 0.29) is 23.1 Å². The van der Waals surface area contributed by atoms with Crippen LogP contribution in [0.3, 0.4) is 0 Å². The fraction of sp³-hybridized carbons (Fsp3) is 0.235. The van der Waals surface area contributed by atoms with E-state index >= 15 is 0 Å². The van der Waals surface area contributed by atoms with E-state index in [0.29, 0.717) is 0 Å². The molecule has 0 unspecified atom stereocenters. The number of nitrogens with zero attached hydrogens (tertiary/aromatic N) is 1. The van der Waals surface area contributed by atoms with Gasteiger partial charge in [-0.1, -0.05) is 17.7 Å². The van der Waals surface area contributed by atoms with Crippen molar-refractivity contribution in [1.82, 2.24) is 10.3 Å². The van der Waals surface area contributed by atoms with E-state index in [1.165, 1.54) is 24.3 Å². The first-order valence-electron chi connectivity index (χ1n) is 7.70. The van der Waals surface area contributed by atoms with Gasteiger partial charge in [-0.05, 0) is 43.2 Å². The number of anilines is 1. The number of nitrogens with one attached hydrogen (secondary N) is 2. The van der Waals surface area contributed by atoms with Crippen LogP contribution in [0.1, 0.15) is 39.4 Å². The summed E-state index contributed by atoms with van der Waals surface area (Å²) in [4.78, 5) is 28.2. The SMILES string of the molecule is O=C(Nc1ccc(Cl)c(C(F)(F)F)c1)c1cccc(C(=O)NC2CC2)n1. The summed E-state index contributed by atoms with van der Waals surface area (Å²) >= 11 is 5.55. The molecule has 3 rings (SSSR count). The van der Waals surface area contributed by atoms with Crippen LogP contribution in [0.4, 0.5) is 18.9 Å². The Morgan fingerprint density at radius 2 is 1.73 bits per heavy atom. The van der Waals surface area contributed by atoms with Crippen LogP contribution in [-0.2, 0) is 6.18 Å². The molecule has 2 N–H and O–H groups in total. The van der Waals surface area contributed by atoms with Crippen molar-refractivity contribution in [3.63, 3.8) is 0 Å². The maximum Gasteiger partial charge on any atom is 0.417 e. The Morgan fingerprint density at radius 1 is 1.08 bits per heavy atom. The Balaban J connectivity index is 1.77. The third kappa shape index (κ3) is 4.32. The average Bonchev–Trinajstić information content (AvgIpc) is 3.39. The van der Waals surface area contributed by atoms with Crippen molar-refractivity contribution in [2.75, 3.05) is 5.32 Å². The van der Waals surface area contributed by atoms with Gasteiger partial charge in [0.05, 0.1) is 10.6 Å². The van der Waals surface area contributed by atoms with Crippen LogP contribution in [-0.4, -0.2) is 22.8 Å². The summed E-state index contributed by atoms with van der Waals surface area (Å²) in [5, 5.41) is 4.60. The number of halogens is 4. The predicted octanol–water partition coefficient (Wildman–Crippen LogP) is 3.90. The summed E-state index contributed by atoms with van der Waals surface area (Å²) in [5.74, 6) is -1.13. The molecule has 26 heavy (non-hydrogen) atoms. The molecule has 0 aliphatic heterocycles. The van der Waals surface area contributed by atoms with Crippen LogP contribution >= 0.6 is 11.6 Å². The molecule has 1 saturated carbocycles. The van der Waals surface area contributed by atoms with E-state index in [2.05, 4.69) is 15.6 Å². The van der Waals surface area contributed by atoms with Crippen LogP contribution in [0.5, 0.6) is 0 Å². The fourth-order valence-electron chi connectivity index (χ4n) is 2.19. The van der Waals surface area contributed by atoms with Crippen molar-refractivity contribution in [3.8, 4) is 0 Å². The Labute approximate surface area is 151 Å². The highest BCUT2D eigenvalue weighted by Crippen LogP contribution is 2.36. The first-order chi connectivity index (χ1) is 12.2. The zero-order valence-electron chi connectivity index (χ0n) is 13.2. The molecule has 1 aliphatic rings. The van der Waals surface area contributed by atoms with Gasteiger partial charge < -0.3 is 10.6 Å². The van der Waals surface area contributed by atoms with E-state index in [9.17, 15) is 22.8 Å². The van der Waals surface area contributed by atoms with E-state index in [0.717, 1.165) is 25.0 Å². The van der Waals surface area contributed by atoms with E-state index in [1.807, 2.05) is 0 Å². The lowest BCUT2D eigenvalue weighted by atomic mass is 10.2. The molecule has 1 aromatic carbocycles. The molecule has 1 fully saturated rings. The van der Waals surface area contributed by atoms with Crippen LogP contribution in [0.25, 0.3) is 0 Å². The molecule has 136 valence electrons. The second kappa shape index (κ2) is 6.95. The smallest absolute Gasteiger partial charge is 0.348 e. The standard InChI is InChI=1S/C17H13ClF3N3O2/c18-12-7-6-10(8-11(12)17(19,20)21)23-16(26)14-3-1-2-13(24-14)15(25)22-9-4-5-9/h1-3,6-9H,4-5H2,(H,22,25)(H,23,26). The molecule has 1 heterocycles. The lowest BCUT2D eigenvalue weighted by Crippen LogP contribution is -2.27. The normalized spacial score (nSPS) is 14.0. The molecule has 0 bridgehead atoms. The highest BCUT2D eigenvalue weighted by molar-refractivity contribution is 6.31. The van der Waals surface area contributed by atoms with Crippen LogP contribution in [0.2, 0.25) is 5.02 Å². The molecular weight excluding hydrogens is 371 g/mol. The molecule has 2 amide bonds. The summed E-state index contributed by atoms with van der Waals surface area (Å²) < 4.78 is 38.7. The van der Waals surface area contributed by atoms with Gasteiger partial charge in [-0.2, -0.15) is 13.2 Å². The van der Waals surface area contributed by atoms with Gasteiger partial charge in [0.2, 0.25) is 0 Å². The molecule has 5 nitrogen and oxygen atoms in total. The van der Waals surface area contributed by atoms with E-state index < -0.39 is 28.6 Å². The lowest BCUT2D eigenvalue weighted by molar-refractivity contribution is -0.137. The van der Waals surface area contributed by atoms with Gasteiger partial charge in [0.15, 0.2) is 0 Å². The summed E-state index contributed by atoms with van der Waals surface area (Å²) in [6, 6.07) is 7.47. The zero-order chi connectivity index (χ0) is 18.9. The number of alkyl halides is 3. The minimum atomic E-state index is -4.64. The number of pyridine rings is 1. The Morgan fingerprint density at radius 3 is 2.35 bits per heavy atom. The van der Waals surface area contributed by atoms with Gasteiger partial charge in [-0.3, -0.25) is 9.59 Å². The highest BCUT2D eigenvalue weighted by atomic mass is 35.5. The highest BCUT2D eigenvalue weighted by Gasteiger charge is 2.33. The molecule has 0 radical (unpaired) electrons. The molecule has 9 heteroatoms. The topological polar surface area (TPSA) is 71.1 Å². The molecule has 1 aliphatic carbocycles. The van der Waals surface area contributed by atoms with E-state index in [4.69, 9.17) is 11.6 Å². The Hall–Kier alpha value is -2.61. The van der Waals surface area contributed by atoms with Gasteiger partial charge in [-0.15, -0.1) is 0 Å². The molecular formula is C17H13ClF3N3O2. The number of carbonyl (C=O) groups is 2. The van der Waals surface area contributed by atoms with Crippen molar-refractivity contribution in [1.29, 1.82) is 0 Å². The Bertz CT molecular complexity index is 867. The largest absolute Gasteiger partial charge is 0.417 e. The van der Waals surface area contributed by atoms with Crippen molar-refractivity contribution >= 4 is 29.1 Å². The molecule has 0 saturated heterocycles. The summed E-state index contributed by atoms with van der Waals surface area (Å²) in [6.45, 7) is 0. The van der Waals surface area contributed by atoms with Gasteiger partial charge in [0.25, 0.3) is 11.8 Å². The van der Waals surface area contributed by atoms with Crippen molar-refractivity contribution < 1.29 is 22.8 Å². The Kier molecular flexibility index (Phi) is 4.86. The molecule has 0 atom stereocenters. The van der Waals surface area contributed by atoms with Gasteiger partial charge >= 0.3 is 6.18 Å². The summed E-state index contributed by atoms with van der Waals surface area (Å²) in [7, 11) is 0. The maximum atomic E-state index is 12.9. The van der Waals surface area contributed by atoms with Crippen LogP contribution < -0.4 is 10.6 Å². The molecule has 1 aromatic heterocycles. The third-order valence-corrected chi connectivity index (χ3v) is 3.99. The lowest BCUT2D eigenvalue weighted by Gasteiger charge is -2.12. The summed E-state index contributed by atoms with van der Waals surface area (Å²) in [6.07, 6.45) is -2.83. The maximum absolute atomic E-state index is 12.9. The molecule has 2 aromatic rings. The number of hydrogen-bond acceptors (Lipinski definition) is 3. The van der Waals surface area contributed by atoms with Gasteiger partial charge in [0, 0.05) is 11.7 Å². The summed E-state index contributed by atoms with van der Waals surface area (Å²) in [5.41, 5.74) is -1.16. The number of amides is 2. The van der Waals surface area contributed by atoms with E-state index in [1.54, 1.807) is 0 Å². The van der Waals surface area contributed by atoms with Crippen molar-refractivity contribution in [2.45, 2.75) is 25.1 Å². The van der Waals surface area contributed by atoms with Crippen molar-refractivity contribution in [3.05, 3.63) is 58.4 Å². The number of rotatable bonds is 4. The van der Waals surface area contributed by atoms with Crippen LogP contribution in [0.15, 0.2) is 36.4 Å². The number of benzene rings is 1. The van der Waals surface area contributed by atoms with Crippen molar-refractivity contribution in [2.24, 2.45) is 0 Å². The number of aromatic nitrogens is 1. The number of carbonyl (C=O) groups excluding carboxylic acids is 2.